The highest BCUT2D eigenvalue weighted by atomic mass is 15.3. The summed E-state index contributed by atoms with van der Waals surface area (Å²) in [7, 11) is 0. The molecule has 4 nitrogen and oxygen atoms in total. The van der Waals surface area contributed by atoms with Gasteiger partial charge in [0, 0.05) is 67.6 Å². The third kappa shape index (κ3) is 7.84. The van der Waals surface area contributed by atoms with E-state index in [0.717, 1.165) is 32.1 Å². The van der Waals surface area contributed by atoms with Crippen LogP contribution in [0.4, 0.5) is 56.9 Å². The Labute approximate surface area is 534 Å². The van der Waals surface area contributed by atoms with Crippen molar-refractivity contribution < 1.29 is 0 Å². The van der Waals surface area contributed by atoms with Crippen LogP contribution in [-0.2, 0) is 37.9 Å². The minimum atomic E-state index is -0.165. The number of para-hydroxylation sites is 2. The van der Waals surface area contributed by atoms with Crippen LogP contribution in [0, 0.1) is 0 Å². The molecule has 0 N–H and O–H groups in total. The Morgan fingerprint density at radius 1 is 0.337 bits per heavy atom. The Morgan fingerprint density at radius 3 is 1.42 bits per heavy atom. The van der Waals surface area contributed by atoms with Gasteiger partial charge in [-0.05, 0) is 220 Å². The molecule has 16 rings (SSSR count). The molecule has 8 aliphatic rings. The molecule has 0 spiro atoms. The van der Waals surface area contributed by atoms with Crippen molar-refractivity contribution in [2.24, 2.45) is 0 Å². The molecule has 8 aromatic carbocycles. The van der Waals surface area contributed by atoms with Crippen LogP contribution >= 0.6 is 0 Å². The van der Waals surface area contributed by atoms with Gasteiger partial charge in [-0.2, -0.15) is 0 Å². The van der Waals surface area contributed by atoms with Crippen molar-refractivity contribution >= 4 is 80.0 Å². The molecule has 2 saturated carbocycles. The van der Waals surface area contributed by atoms with E-state index in [4.69, 9.17) is 0 Å². The van der Waals surface area contributed by atoms with Crippen molar-refractivity contribution in [3.8, 4) is 11.1 Å². The summed E-state index contributed by atoms with van der Waals surface area (Å²) >= 11 is 0. The predicted octanol–water partition coefficient (Wildman–Crippen LogP) is 20.9. The average Bonchev–Trinajstić information content (AvgIpc) is 1.38. The second-order valence-electron chi connectivity index (χ2n) is 33.6. The van der Waals surface area contributed by atoms with Crippen molar-refractivity contribution in [1.29, 1.82) is 0 Å². The molecular weight excluding hydrogens is 1080 g/mol. The van der Waals surface area contributed by atoms with E-state index < -0.39 is 0 Å². The van der Waals surface area contributed by atoms with E-state index >= 15 is 0 Å². The lowest BCUT2D eigenvalue weighted by molar-refractivity contribution is 0.195. The van der Waals surface area contributed by atoms with Gasteiger partial charge in [0.15, 0.2) is 0 Å². The molecule has 0 aromatic heterocycles. The van der Waals surface area contributed by atoms with Gasteiger partial charge in [-0.15, -0.1) is 0 Å². The van der Waals surface area contributed by atoms with Crippen LogP contribution in [0.15, 0.2) is 158 Å². The van der Waals surface area contributed by atoms with E-state index in [1.54, 1.807) is 0 Å². The molecule has 4 heterocycles. The highest BCUT2D eigenvalue weighted by molar-refractivity contribution is 7.00. The molecule has 454 valence electrons. The minimum Gasteiger partial charge on any atom is -0.334 e. The molecule has 0 bridgehead atoms. The Balaban J connectivity index is 1.07. The maximum atomic E-state index is 2.87. The van der Waals surface area contributed by atoms with Crippen LogP contribution in [0.5, 0.6) is 0 Å². The van der Waals surface area contributed by atoms with Crippen molar-refractivity contribution in [1.82, 2.24) is 0 Å². The van der Waals surface area contributed by atoms with Crippen LogP contribution in [0.1, 0.15) is 220 Å². The Bertz CT molecular complexity index is 4270. The lowest BCUT2D eigenvalue weighted by atomic mass is 9.33. The summed E-state index contributed by atoms with van der Waals surface area (Å²) in [5.41, 5.74) is 29.8. The fraction of sp³-hybridized carbons (Fsp3) is 0.429. The zero-order valence-corrected chi connectivity index (χ0v) is 56.4. The number of fused-ring (bicyclic) bond motifs is 12. The number of anilines is 10. The highest BCUT2D eigenvalue weighted by Gasteiger charge is 2.60. The van der Waals surface area contributed by atoms with E-state index in [1.807, 2.05) is 0 Å². The topological polar surface area (TPSA) is 13.0 Å². The molecule has 4 atom stereocenters. The third-order valence-electron chi connectivity index (χ3n) is 25.8. The molecule has 5 heteroatoms. The molecule has 2 fully saturated rings. The van der Waals surface area contributed by atoms with Gasteiger partial charge in [0.25, 0.3) is 6.71 Å². The lowest BCUT2D eigenvalue weighted by Gasteiger charge is -2.52. The third-order valence-corrected chi connectivity index (χ3v) is 25.8. The fourth-order valence-electron chi connectivity index (χ4n) is 19.8. The van der Waals surface area contributed by atoms with Gasteiger partial charge >= 0.3 is 0 Å². The molecule has 0 radical (unpaired) electrons. The summed E-state index contributed by atoms with van der Waals surface area (Å²) in [6.45, 7) is 37.6. The van der Waals surface area contributed by atoms with Crippen molar-refractivity contribution in [2.45, 2.75) is 230 Å². The van der Waals surface area contributed by atoms with Gasteiger partial charge in [-0.3, -0.25) is 0 Å². The first-order valence-electron chi connectivity index (χ1n) is 34.5. The van der Waals surface area contributed by atoms with Crippen molar-refractivity contribution in [2.75, 3.05) is 19.6 Å². The van der Waals surface area contributed by atoms with Gasteiger partial charge in [0.2, 0.25) is 0 Å². The molecular formula is C84H95BN4. The van der Waals surface area contributed by atoms with Crippen molar-refractivity contribution in [3.63, 3.8) is 0 Å². The molecule has 0 saturated heterocycles. The zero-order chi connectivity index (χ0) is 62.0. The van der Waals surface area contributed by atoms with Crippen molar-refractivity contribution in [3.05, 3.63) is 197 Å². The first kappa shape index (κ1) is 57.2. The maximum absolute atomic E-state index is 2.87. The zero-order valence-electron chi connectivity index (χ0n) is 56.4. The molecule has 8 aromatic rings. The van der Waals surface area contributed by atoms with Crippen LogP contribution in [0.25, 0.3) is 11.1 Å². The summed E-state index contributed by atoms with van der Waals surface area (Å²) < 4.78 is 0. The second-order valence-corrected chi connectivity index (χ2v) is 33.6. The SMILES string of the molecule is CC(C)(C)c1ccc(N2c3cc(N4c5ccccc5C5(C)CCCCC45C)ccc3B3c4cc5c(cc4N(c4ccc6c(c4)C(C)(C)CCC6(C)C)c4cc(N6c7ccccc7C7(C)CCCCC67C)cc2c43)C(C)(C)CCC5(C)C)c(-c2ccccc2)c1. The number of rotatable bonds is 5. The predicted molar refractivity (Wildman–Crippen MR) is 381 cm³/mol. The summed E-state index contributed by atoms with van der Waals surface area (Å²) in [6.07, 6.45) is 14.3. The minimum absolute atomic E-state index is 0.00102. The van der Waals surface area contributed by atoms with E-state index in [1.165, 1.54) is 168 Å². The van der Waals surface area contributed by atoms with Gasteiger partial charge < -0.3 is 19.6 Å². The quantitative estimate of drug-likeness (QED) is 0.159. The first-order chi connectivity index (χ1) is 42.2. The van der Waals surface area contributed by atoms with Crippen LogP contribution in [0.3, 0.4) is 0 Å². The van der Waals surface area contributed by atoms with Gasteiger partial charge in [0.1, 0.15) is 0 Å². The van der Waals surface area contributed by atoms with E-state index in [9.17, 15) is 0 Å². The molecule has 89 heavy (non-hydrogen) atoms. The summed E-state index contributed by atoms with van der Waals surface area (Å²) in [6, 6.07) is 64.3. The maximum Gasteiger partial charge on any atom is 0.252 e. The van der Waals surface area contributed by atoms with Gasteiger partial charge in [0.05, 0.1) is 16.8 Å². The lowest BCUT2D eigenvalue weighted by Crippen LogP contribution is -2.62. The van der Waals surface area contributed by atoms with E-state index in [-0.39, 0.29) is 55.7 Å². The fourth-order valence-corrected chi connectivity index (χ4v) is 19.8. The number of benzene rings is 8. The Morgan fingerprint density at radius 2 is 0.820 bits per heavy atom. The summed E-state index contributed by atoms with van der Waals surface area (Å²) in [4.78, 5) is 11.3. The van der Waals surface area contributed by atoms with Gasteiger partial charge in [-0.1, -0.05) is 207 Å². The Hall–Kier alpha value is -6.98. The van der Waals surface area contributed by atoms with E-state index in [2.05, 4.69) is 281 Å². The average molecular weight is 1170 g/mol. The first-order valence-corrected chi connectivity index (χ1v) is 34.5. The normalized spacial score (nSPS) is 26.0. The second kappa shape index (κ2) is 18.8. The van der Waals surface area contributed by atoms with Crippen LogP contribution in [0.2, 0.25) is 0 Å². The number of nitrogens with zero attached hydrogens (tertiary/aromatic N) is 4. The van der Waals surface area contributed by atoms with Gasteiger partial charge in [-0.25, -0.2) is 0 Å². The standard InChI is InChI=1S/C84H95BN4/c1-76(2,3)55-33-38-68(59(47-55)54-27-17-16-18-28-54)87-71-49-57(88-69-31-21-19-29-61(69)81(12)39-23-25-41-83(81,88)14)35-37-66(71)85-67-52-64-65(80(10,11)46-45-79(64,8)9)53-72(67)86(56-34-36-60-63(48-56)78(6,7)44-43-77(60,4)5)73-50-58(51-74(87)75(73)85)89-70-32-22-20-30-62(70)82(13)40-24-26-42-84(82,89)15/h16-22,27-38,47-53H,23-26,39-46H2,1-15H3. The Kier molecular flexibility index (Phi) is 12.1. The number of hydrogen-bond donors (Lipinski definition) is 0. The summed E-state index contributed by atoms with van der Waals surface area (Å²) in [5, 5.41) is 0. The monoisotopic (exact) mass is 1170 g/mol. The molecule has 4 aliphatic heterocycles. The number of hydrogen-bond acceptors (Lipinski definition) is 4. The van der Waals surface area contributed by atoms with E-state index in [0.29, 0.717) is 0 Å². The summed E-state index contributed by atoms with van der Waals surface area (Å²) in [5.74, 6) is 0. The molecule has 0 amide bonds. The largest absolute Gasteiger partial charge is 0.334 e. The van der Waals surface area contributed by atoms with Crippen LogP contribution in [-0.4, -0.2) is 17.8 Å². The highest BCUT2D eigenvalue weighted by Crippen LogP contribution is 2.64. The molecule has 4 aliphatic carbocycles. The van der Waals surface area contributed by atoms with Crippen LogP contribution < -0.4 is 36.0 Å². The smallest absolute Gasteiger partial charge is 0.252 e. The molecule has 4 unspecified atom stereocenters.